The van der Waals surface area contributed by atoms with Crippen molar-refractivity contribution >= 4 is 27.3 Å². The highest BCUT2D eigenvalue weighted by Gasteiger charge is 2.35. The summed E-state index contributed by atoms with van der Waals surface area (Å²) in [6.07, 6.45) is 1.80. The highest BCUT2D eigenvalue weighted by molar-refractivity contribution is 7.91. The molecule has 1 N–H and O–H groups in total. The molecule has 1 saturated heterocycles. The van der Waals surface area contributed by atoms with Crippen LogP contribution in [0, 0.1) is 11.3 Å². The van der Waals surface area contributed by atoms with Crippen LogP contribution in [0.25, 0.3) is 10.6 Å². The van der Waals surface area contributed by atoms with E-state index in [0.29, 0.717) is 35.6 Å². The van der Waals surface area contributed by atoms with Gasteiger partial charge in [0.2, 0.25) is 5.91 Å². The largest absolute Gasteiger partial charge is 0.364 e. The zero-order valence-corrected chi connectivity index (χ0v) is 16.7. The lowest BCUT2D eigenvalue weighted by Crippen LogP contribution is -2.41. The van der Waals surface area contributed by atoms with E-state index in [0.717, 1.165) is 16.9 Å². The summed E-state index contributed by atoms with van der Waals surface area (Å²) >= 11 is 1.06. The third kappa shape index (κ3) is 4.07. The summed E-state index contributed by atoms with van der Waals surface area (Å²) in [5.74, 6) is -0.274. The molecule has 1 aromatic carbocycles. The molecule has 148 valence electrons. The smallest absolute Gasteiger partial charge is 0.250 e. The molecule has 8 nitrogen and oxygen atoms in total. The van der Waals surface area contributed by atoms with Crippen molar-refractivity contribution in [2.24, 2.45) is 0 Å². The standard InChI is InChI=1S/C19H16N4O4S2/c20-11-13-2-1-3-14(10-13)12-23-8-6-16(19(23)24)22-29(25,26)18-5-4-17(28-18)15-7-9-27-21-15/h1-5,7,9-10,16,22H,6,8,12H2/t16-/m0/s1. The van der Waals surface area contributed by atoms with E-state index in [1.807, 2.05) is 6.07 Å². The number of thiophene rings is 1. The molecule has 29 heavy (non-hydrogen) atoms. The van der Waals surface area contributed by atoms with Crippen LogP contribution in [0.4, 0.5) is 0 Å². The molecule has 0 bridgehead atoms. The fourth-order valence-corrected chi connectivity index (χ4v) is 5.66. The van der Waals surface area contributed by atoms with Crippen molar-refractivity contribution in [3.05, 3.63) is 59.9 Å². The fraction of sp³-hybridized carbons (Fsp3) is 0.211. The molecule has 1 atom stereocenters. The highest BCUT2D eigenvalue weighted by Crippen LogP contribution is 2.30. The maximum absolute atomic E-state index is 12.7. The molecule has 0 saturated carbocycles. The van der Waals surface area contributed by atoms with Crippen LogP contribution in [-0.2, 0) is 21.4 Å². The first-order valence-electron chi connectivity index (χ1n) is 8.77. The van der Waals surface area contributed by atoms with E-state index in [4.69, 9.17) is 9.78 Å². The average molecular weight is 428 g/mol. The van der Waals surface area contributed by atoms with Crippen LogP contribution in [-0.4, -0.2) is 37.0 Å². The first kappa shape index (κ1) is 19.3. The van der Waals surface area contributed by atoms with Crippen LogP contribution in [0.15, 0.2) is 57.5 Å². The number of rotatable bonds is 6. The van der Waals surface area contributed by atoms with Gasteiger partial charge in [-0.1, -0.05) is 17.3 Å². The number of benzene rings is 1. The summed E-state index contributed by atoms with van der Waals surface area (Å²) in [5, 5.41) is 12.8. The van der Waals surface area contributed by atoms with Gasteiger partial charge in [-0.2, -0.15) is 9.98 Å². The Morgan fingerprint density at radius 1 is 1.31 bits per heavy atom. The van der Waals surface area contributed by atoms with Crippen LogP contribution in [0.1, 0.15) is 17.5 Å². The van der Waals surface area contributed by atoms with Crippen molar-refractivity contribution in [1.82, 2.24) is 14.8 Å². The van der Waals surface area contributed by atoms with Crippen molar-refractivity contribution in [2.75, 3.05) is 6.54 Å². The molecule has 0 aliphatic carbocycles. The predicted octanol–water partition coefficient (Wildman–Crippen LogP) is 2.35. The molecule has 2 aromatic heterocycles. The van der Waals surface area contributed by atoms with Crippen LogP contribution >= 0.6 is 11.3 Å². The first-order chi connectivity index (χ1) is 14.0. The zero-order valence-electron chi connectivity index (χ0n) is 15.1. The minimum atomic E-state index is -3.83. The van der Waals surface area contributed by atoms with Crippen LogP contribution in [0.2, 0.25) is 0 Å². The molecule has 1 amide bonds. The second kappa shape index (κ2) is 7.79. The Bertz CT molecular complexity index is 1180. The Balaban J connectivity index is 1.44. The molecule has 3 heterocycles. The second-order valence-electron chi connectivity index (χ2n) is 6.54. The lowest BCUT2D eigenvalue weighted by atomic mass is 10.1. The van der Waals surface area contributed by atoms with Gasteiger partial charge < -0.3 is 9.42 Å². The number of amides is 1. The summed E-state index contributed by atoms with van der Waals surface area (Å²) in [5.41, 5.74) is 1.91. The third-order valence-electron chi connectivity index (χ3n) is 4.56. The molecule has 1 aliphatic rings. The molecule has 4 rings (SSSR count). The lowest BCUT2D eigenvalue weighted by Gasteiger charge is -2.17. The van der Waals surface area contributed by atoms with Gasteiger partial charge in [-0.3, -0.25) is 4.79 Å². The number of nitriles is 1. The number of hydrogen-bond acceptors (Lipinski definition) is 7. The zero-order chi connectivity index (χ0) is 20.4. The maximum atomic E-state index is 12.7. The SMILES string of the molecule is N#Cc1cccc(CN2CC[C@H](NS(=O)(=O)c3ccc(-c4ccon4)s3)C2=O)c1. The number of carbonyl (C=O) groups excluding carboxylic acids is 1. The molecule has 1 fully saturated rings. The van der Waals surface area contributed by atoms with Crippen molar-refractivity contribution in [3.8, 4) is 16.6 Å². The molecule has 1 aliphatic heterocycles. The number of aromatic nitrogens is 1. The van der Waals surface area contributed by atoms with Crippen molar-refractivity contribution in [1.29, 1.82) is 5.26 Å². The third-order valence-corrected chi connectivity index (χ3v) is 7.63. The van der Waals surface area contributed by atoms with Crippen LogP contribution in [0.3, 0.4) is 0 Å². The van der Waals surface area contributed by atoms with Gasteiger partial charge in [0.15, 0.2) is 0 Å². The second-order valence-corrected chi connectivity index (χ2v) is 9.56. The van der Waals surface area contributed by atoms with Gasteiger partial charge in [0.1, 0.15) is 22.2 Å². The number of likely N-dealkylation sites (tertiary alicyclic amines) is 1. The maximum Gasteiger partial charge on any atom is 0.250 e. The minimum absolute atomic E-state index is 0.114. The van der Waals surface area contributed by atoms with E-state index >= 15 is 0 Å². The van der Waals surface area contributed by atoms with Gasteiger partial charge >= 0.3 is 0 Å². The van der Waals surface area contributed by atoms with E-state index < -0.39 is 16.1 Å². The Morgan fingerprint density at radius 3 is 2.93 bits per heavy atom. The number of carbonyl (C=O) groups is 1. The van der Waals surface area contributed by atoms with Gasteiger partial charge in [-0.25, -0.2) is 8.42 Å². The Kier molecular flexibility index (Phi) is 5.19. The van der Waals surface area contributed by atoms with Gasteiger partial charge in [0.05, 0.1) is 16.5 Å². The van der Waals surface area contributed by atoms with Crippen LogP contribution in [0.5, 0.6) is 0 Å². The quantitative estimate of drug-likeness (QED) is 0.644. The molecule has 3 aromatic rings. The van der Waals surface area contributed by atoms with Gasteiger partial charge in [-0.15, -0.1) is 11.3 Å². The topological polar surface area (TPSA) is 116 Å². The molecular weight excluding hydrogens is 412 g/mol. The lowest BCUT2D eigenvalue weighted by molar-refractivity contribution is -0.129. The molecule has 0 unspecified atom stereocenters. The van der Waals surface area contributed by atoms with Crippen molar-refractivity contribution in [2.45, 2.75) is 23.2 Å². The van der Waals surface area contributed by atoms with E-state index in [2.05, 4.69) is 15.9 Å². The first-order valence-corrected chi connectivity index (χ1v) is 11.1. The van der Waals surface area contributed by atoms with E-state index in [1.54, 1.807) is 35.2 Å². The van der Waals surface area contributed by atoms with Crippen molar-refractivity contribution in [3.63, 3.8) is 0 Å². The number of hydrogen-bond donors (Lipinski definition) is 1. The molecule has 0 spiro atoms. The number of nitrogens with zero attached hydrogens (tertiary/aromatic N) is 3. The van der Waals surface area contributed by atoms with Gasteiger partial charge in [-0.05, 0) is 36.2 Å². The molecule has 0 radical (unpaired) electrons. The fourth-order valence-electron chi connectivity index (χ4n) is 3.15. The van der Waals surface area contributed by atoms with Gasteiger partial charge in [0.25, 0.3) is 10.0 Å². The van der Waals surface area contributed by atoms with Crippen molar-refractivity contribution < 1.29 is 17.7 Å². The predicted molar refractivity (Wildman–Crippen MR) is 105 cm³/mol. The average Bonchev–Trinajstić information content (AvgIpc) is 3.46. The highest BCUT2D eigenvalue weighted by atomic mass is 32.2. The Labute approximate surface area is 171 Å². The Hall–Kier alpha value is -3.00. The molecule has 10 heteroatoms. The summed E-state index contributed by atoms with van der Waals surface area (Å²) in [7, 11) is -3.83. The summed E-state index contributed by atoms with van der Waals surface area (Å²) < 4.78 is 32.8. The number of nitrogens with one attached hydrogen (secondary N) is 1. The van der Waals surface area contributed by atoms with Gasteiger partial charge in [0, 0.05) is 19.2 Å². The van der Waals surface area contributed by atoms with E-state index in [1.165, 1.54) is 12.3 Å². The minimum Gasteiger partial charge on any atom is -0.364 e. The van der Waals surface area contributed by atoms with Crippen LogP contribution < -0.4 is 4.72 Å². The summed E-state index contributed by atoms with van der Waals surface area (Å²) in [6, 6.07) is 13.1. The van der Waals surface area contributed by atoms with E-state index in [-0.39, 0.29) is 10.1 Å². The Morgan fingerprint density at radius 2 is 2.17 bits per heavy atom. The monoisotopic (exact) mass is 428 g/mol. The number of sulfonamides is 1. The summed E-state index contributed by atoms with van der Waals surface area (Å²) in [4.78, 5) is 14.9. The summed E-state index contributed by atoms with van der Waals surface area (Å²) in [6.45, 7) is 0.777. The molecular formula is C19H16N4O4S2. The van der Waals surface area contributed by atoms with E-state index in [9.17, 15) is 13.2 Å². The normalized spacial score (nSPS) is 16.9.